The summed E-state index contributed by atoms with van der Waals surface area (Å²) < 4.78 is 0. The molecule has 2 heteroatoms. The van der Waals surface area contributed by atoms with Crippen LogP contribution in [0.1, 0.15) is 33.6 Å². The van der Waals surface area contributed by atoms with Crippen LogP contribution in [-0.4, -0.2) is 11.6 Å². The number of rotatable bonds is 3. The molecule has 0 spiro atoms. The first-order valence-corrected chi connectivity index (χ1v) is 4.96. The molecule has 0 N–H and O–H groups in total. The Morgan fingerprint density at radius 2 is 1.86 bits per heavy atom. The molecular weight excluding hydrogens is 176 g/mol. The lowest BCUT2D eigenvalue weighted by Crippen LogP contribution is -2.23. The second-order valence-corrected chi connectivity index (χ2v) is 4.29. The van der Waals surface area contributed by atoms with E-state index in [-0.39, 0.29) is 17.0 Å². The number of hydrogen-bond acceptors (Lipinski definition) is 2. The first kappa shape index (κ1) is 10.9. The zero-order valence-electron chi connectivity index (χ0n) is 8.96. The van der Waals surface area contributed by atoms with Crippen molar-refractivity contribution in [3.05, 3.63) is 23.8 Å². The van der Waals surface area contributed by atoms with Gasteiger partial charge in [0.1, 0.15) is 0 Å². The smallest absolute Gasteiger partial charge is 0.182 e. The van der Waals surface area contributed by atoms with E-state index in [0.717, 1.165) is 12.8 Å². The number of carbonyl (C=O) groups excluding carboxylic acids is 2. The molecule has 0 saturated carbocycles. The summed E-state index contributed by atoms with van der Waals surface area (Å²) in [5.74, 6) is -0.105. The number of allylic oxidation sites excluding steroid dienone is 4. The first-order valence-electron chi connectivity index (χ1n) is 4.96. The lowest BCUT2D eigenvalue weighted by Gasteiger charge is -2.26. The van der Waals surface area contributed by atoms with Gasteiger partial charge in [-0.05, 0) is 30.1 Å². The highest BCUT2D eigenvalue weighted by Crippen LogP contribution is 2.33. The van der Waals surface area contributed by atoms with E-state index in [1.54, 1.807) is 0 Å². The Bertz CT molecular complexity index is 319. The van der Waals surface area contributed by atoms with E-state index in [2.05, 4.69) is 6.92 Å². The summed E-state index contributed by atoms with van der Waals surface area (Å²) in [7, 11) is 0. The van der Waals surface area contributed by atoms with Crippen LogP contribution in [0.3, 0.4) is 0 Å². The number of ketones is 2. The quantitative estimate of drug-likeness (QED) is 0.644. The Kier molecular flexibility index (Phi) is 3.04. The summed E-state index contributed by atoms with van der Waals surface area (Å²) in [6.45, 7) is 6.09. The lowest BCUT2D eigenvalue weighted by molar-refractivity contribution is -0.115. The number of carbonyl (C=O) groups is 2. The highest BCUT2D eigenvalue weighted by atomic mass is 16.1. The van der Waals surface area contributed by atoms with Crippen LogP contribution in [0.25, 0.3) is 0 Å². The van der Waals surface area contributed by atoms with E-state index in [1.165, 1.54) is 18.2 Å². The van der Waals surface area contributed by atoms with Crippen LogP contribution in [0, 0.1) is 5.41 Å². The van der Waals surface area contributed by atoms with Gasteiger partial charge in [0.2, 0.25) is 0 Å². The van der Waals surface area contributed by atoms with Crippen LogP contribution in [0.5, 0.6) is 0 Å². The summed E-state index contributed by atoms with van der Waals surface area (Å²) in [4.78, 5) is 22.7. The maximum atomic E-state index is 11.6. The van der Waals surface area contributed by atoms with Crippen LogP contribution in [0.2, 0.25) is 0 Å². The van der Waals surface area contributed by atoms with Gasteiger partial charge in [-0.25, -0.2) is 0 Å². The van der Waals surface area contributed by atoms with E-state index >= 15 is 0 Å². The van der Waals surface area contributed by atoms with Gasteiger partial charge < -0.3 is 0 Å². The lowest BCUT2D eigenvalue weighted by atomic mass is 9.76. The third-order valence-corrected chi connectivity index (χ3v) is 2.56. The molecule has 0 unspecified atom stereocenters. The van der Waals surface area contributed by atoms with Crippen molar-refractivity contribution in [3.8, 4) is 0 Å². The number of hydrogen-bond donors (Lipinski definition) is 0. The minimum absolute atomic E-state index is 0.0250. The zero-order chi connectivity index (χ0) is 10.8. The van der Waals surface area contributed by atoms with Gasteiger partial charge in [0.15, 0.2) is 11.6 Å². The van der Waals surface area contributed by atoms with Gasteiger partial charge in [-0.15, -0.1) is 0 Å². The fraction of sp³-hybridized carbons (Fsp3) is 0.500. The molecule has 0 radical (unpaired) electrons. The van der Waals surface area contributed by atoms with E-state index in [4.69, 9.17) is 0 Å². The molecule has 14 heavy (non-hydrogen) atoms. The molecule has 0 aliphatic heterocycles. The molecule has 0 amide bonds. The van der Waals surface area contributed by atoms with Gasteiger partial charge in [0, 0.05) is 5.57 Å². The fourth-order valence-corrected chi connectivity index (χ4v) is 1.80. The van der Waals surface area contributed by atoms with Gasteiger partial charge in [-0.3, -0.25) is 9.59 Å². The predicted octanol–water partition coefficient (Wildman–Crippen LogP) is 2.45. The second-order valence-electron chi connectivity index (χ2n) is 4.29. The molecule has 0 aromatic carbocycles. The largest absolute Gasteiger partial charge is 0.290 e. The summed E-state index contributed by atoms with van der Waals surface area (Å²) in [5, 5.41) is 0. The molecule has 0 heterocycles. The SMILES string of the molecule is CCCC(C)(C)C1=CC(=O)C=CC1=O. The maximum Gasteiger partial charge on any atom is 0.182 e. The molecule has 1 rings (SSSR count). The molecule has 1 aliphatic carbocycles. The van der Waals surface area contributed by atoms with Crippen LogP contribution in [0.4, 0.5) is 0 Å². The molecule has 2 nitrogen and oxygen atoms in total. The van der Waals surface area contributed by atoms with Crippen molar-refractivity contribution in [1.82, 2.24) is 0 Å². The molecule has 0 fully saturated rings. The molecular formula is C12H16O2. The summed E-state index contributed by atoms with van der Waals surface area (Å²) in [5.41, 5.74) is 0.457. The molecule has 0 atom stereocenters. The third-order valence-electron chi connectivity index (χ3n) is 2.56. The van der Waals surface area contributed by atoms with Gasteiger partial charge in [0.25, 0.3) is 0 Å². The fourth-order valence-electron chi connectivity index (χ4n) is 1.80. The van der Waals surface area contributed by atoms with Crippen molar-refractivity contribution in [2.45, 2.75) is 33.6 Å². The standard InChI is InChI=1S/C12H16O2/c1-4-7-12(2,3)10-8-9(13)5-6-11(10)14/h5-6,8H,4,7H2,1-3H3. The molecule has 0 aromatic rings. The Morgan fingerprint density at radius 1 is 1.21 bits per heavy atom. The topological polar surface area (TPSA) is 34.1 Å². The van der Waals surface area contributed by atoms with E-state index in [0.29, 0.717) is 5.57 Å². The summed E-state index contributed by atoms with van der Waals surface area (Å²) in [6, 6.07) is 0. The molecule has 1 aliphatic rings. The van der Waals surface area contributed by atoms with Crippen molar-refractivity contribution >= 4 is 11.6 Å². The van der Waals surface area contributed by atoms with Crippen molar-refractivity contribution in [2.75, 3.05) is 0 Å². The Labute approximate surface area is 84.7 Å². The second kappa shape index (κ2) is 3.91. The Morgan fingerprint density at radius 3 is 2.43 bits per heavy atom. The normalized spacial score (nSPS) is 17.2. The van der Waals surface area contributed by atoms with Gasteiger partial charge >= 0.3 is 0 Å². The van der Waals surface area contributed by atoms with Crippen molar-refractivity contribution in [2.24, 2.45) is 5.41 Å². The first-order chi connectivity index (χ1) is 6.47. The Hall–Kier alpha value is -1.18. The van der Waals surface area contributed by atoms with Crippen LogP contribution < -0.4 is 0 Å². The molecule has 0 saturated heterocycles. The van der Waals surface area contributed by atoms with Crippen LogP contribution >= 0.6 is 0 Å². The van der Waals surface area contributed by atoms with E-state index < -0.39 is 0 Å². The van der Waals surface area contributed by atoms with Crippen LogP contribution in [-0.2, 0) is 9.59 Å². The van der Waals surface area contributed by atoms with Crippen molar-refractivity contribution in [3.63, 3.8) is 0 Å². The molecule has 0 aromatic heterocycles. The summed E-state index contributed by atoms with van der Waals surface area (Å²) in [6.07, 6.45) is 6.10. The Balaban J connectivity index is 2.96. The highest BCUT2D eigenvalue weighted by Gasteiger charge is 2.28. The van der Waals surface area contributed by atoms with Gasteiger partial charge in [-0.2, -0.15) is 0 Å². The van der Waals surface area contributed by atoms with Gasteiger partial charge in [0.05, 0.1) is 0 Å². The summed E-state index contributed by atoms with van der Waals surface area (Å²) >= 11 is 0. The minimum atomic E-state index is -0.188. The third kappa shape index (κ3) is 2.19. The maximum absolute atomic E-state index is 11.6. The van der Waals surface area contributed by atoms with Gasteiger partial charge in [-0.1, -0.05) is 27.2 Å². The van der Waals surface area contributed by atoms with E-state index in [1.807, 2.05) is 13.8 Å². The zero-order valence-corrected chi connectivity index (χ0v) is 8.96. The predicted molar refractivity (Wildman–Crippen MR) is 55.9 cm³/mol. The average molecular weight is 192 g/mol. The van der Waals surface area contributed by atoms with Crippen molar-refractivity contribution < 1.29 is 9.59 Å². The molecule has 76 valence electrons. The van der Waals surface area contributed by atoms with E-state index in [9.17, 15) is 9.59 Å². The van der Waals surface area contributed by atoms with Crippen molar-refractivity contribution in [1.29, 1.82) is 0 Å². The molecule has 0 bridgehead atoms. The average Bonchev–Trinajstić information content (AvgIpc) is 2.09. The monoisotopic (exact) mass is 192 g/mol. The minimum Gasteiger partial charge on any atom is -0.290 e. The van der Waals surface area contributed by atoms with Crippen LogP contribution in [0.15, 0.2) is 23.8 Å². The highest BCUT2D eigenvalue weighted by molar-refractivity contribution is 6.17.